The van der Waals surface area contributed by atoms with Gasteiger partial charge >= 0.3 is 5.97 Å². The molecule has 118 valence electrons. The van der Waals surface area contributed by atoms with Crippen LogP contribution in [0, 0.1) is 0 Å². The van der Waals surface area contributed by atoms with Crippen LogP contribution < -0.4 is 5.32 Å². The predicted molar refractivity (Wildman–Crippen MR) is 89.5 cm³/mol. The van der Waals surface area contributed by atoms with E-state index in [1.54, 1.807) is 18.2 Å². The molecule has 0 fully saturated rings. The Bertz CT molecular complexity index is 435. The number of unbranched alkanes of at least 4 members (excludes halogenated alkanes) is 7. The van der Waals surface area contributed by atoms with Crippen LogP contribution in [0.3, 0.4) is 0 Å². The Morgan fingerprint density at radius 3 is 2.33 bits per heavy atom. The summed E-state index contributed by atoms with van der Waals surface area (Å²) in [6.07, 6.45) is 10.1. The zero-order valence-corrected chi connectivity index (χ0v) is 13.6. The first-order chi connectivity index (χ1) is 10.1. The highest BCUT2D eigenvalue weighted by Crippen LogP contribution is 2.21. The number of carboxylic acid groups (broad SMARTS) is 1. The summed E-state index contributed by atoms with van der Waals surface area (Å²) < 4.78 is 0. The number of nitrogens with one attached hydrogen (secondary N) is 1. The molecule has 0 aliphatic heterocycles. The van der Waals surface area contributed by atoms with Crippen molar-refractivity contribution in [2.24, 2.45) is 0 Å². The Morgan fingerprint density at radius 1 is 1.10 bits per heavy atom. The Morgan fingerprint density at radius 2 is 1.71 bits per heavy atom. The zero-order valence-electron chi connectivity index (χ0n) is 12.8. The number of halogens is 1. The van der Waals surface area contributed by atoms with Gasteiger partial charge in [0.15, 0.2) is 0 Å². The second kappa shape index (κ2) is 10.5. The van der Waals surface area contributed by atoms with E-state index >= 15 is 0 Å². The van der Waals surface area contributed by atoms with E-state index in [9.17, 15) is 4.79 Å². The average Bonchev–Trinajstić information content (AvgIpc) is 2.45. The molecule has 0 unspecified atom stereocenters. The lowest BCUT2D eigenvalue weighted by atomic mass is 10.1. The molecule has 0 spiro atoms. The number of aromatic carboxylic acids is 1. The lowest BCUT2D eigenvalue weighted by Crippen LogP contribution is -2.07. The van der Waals surface area contributed by atoms with Crippen LogP contribution in [0.25, 0.3) is 0 Å². The minimum Gasteiger partial charge on any atom is -0.478 e. The SMILES string of the molecule is CCCCCCCCCCNc1cc(Cl)ccc1C(=O)O. The van der Waals surface area contributed by atoms with Crippen LogP contribution in [0.5, 0.6) is 0 Å². The number of hydrogen-bond acceptors (Lipinski definition) is 2. The summed E-state index contributed by atoms with van der Waals surface area (Å²) in [6, 6.07) is 4.82. The first-order valence-corrected chi connectivity index (χ1v) is 8.29. The monoisotopic (exact) mass is 311 g/mol. The van der Waals surface area contributed by atoms with Gasteiger partial charge in [-0.15, -0.1) is 0 Å². The molecule has 21 heavy (non-hydrogen) atoms. The van der Waals surface area contributed by atoms with Crippen molar-refractivity contribution in [1.29, 1.82) is 0 Å². The van der Waals surface area contributed by atoms with E-state index in [-0.39, 0.29) is 5.56 Å². The summed E-state index contributed by atoms with van der Waals surface area (Å²) in [5.74, 6) is -0.926. The van der Waals surface area contributed by atoms with E-state index < -0.39 is 5.97 Å². The molecule has 3 nitrogen and oxygen atoms in total. The molecule has 0 bridgehead atoms. The van der Waals surface area contributed by atoms with E-state index in [1.807, 2.05) is 0 Å². The lowest BCUT2D eigenvalue weighted by Gasteiger charge is -2.10. The van der Waals surface area contributed by atoms with Gasteiger partial charge in [0.1, 0.15) is 0 Å². The first-order valence-electron chi connectivity index (χ1n) is 7.92. The quantitative estimate of drug-likeness (QED) is 0.524. The zero-order chi connectivity index (χ0) is 15.5. The van der Waals surface area contributed by atoms with E-state index in [1.165, 1.54) is 44.9 Å². The second-order valence-corrected chi connectivity index (χ2v) is 5.83. The van der Waals surface area contributed by atoms with E-state index in [0.29, 0.717) is 10.7 Å². The fraction of sp³-hybridized carbons (Fsp3) is 0.588. The number of benzene rings is 1. The summed E-state index contributed by atoms with van der Waals surface area (Å²) in [5.41, 5.74) is 0.886. The molecule has 2 N–H and O–H groups in total. The van der Waals surface area contributed by atoms with Gasteiger partial charge in [0, 0.05) is 11.6 Å². The van der Waals surface area contributed by atoms with E-state index in [0.717, 1.165) is 13.0 Å². The van der Waals surface area contributed by atoms with E-state index in [4.69, 9.17) is 16.7 Å². The summed E-state index contributed by atoms with van der Waals surface area (Å²) in [7, 11) is 0. The summed E-state index contributed by atoms with van der Waals surface area (Å²) in [4.78, 5) is 11.1. The van der Waals surface area contributed by atoms with Crippen LogP contribution in [-0.2, 0) is 0 Å². The Labute approximate surface area is 132 Å². The Balaban J connectivity index is 2.21. The molecule has 0 saturated heterocycles. The van der Waals surface area contributed by atoms with Gasteiger partial charge in [-0.2, -0.15) is 0 Å². The molecule has 1 rings (SSSR count). The highest BCUT2D eigenvalue weighted by molar-refractivity contribution is 6.31. The smallest absolute Gasteiger partial charge is 0.337 e. The molecule has 0 aromatic heterocycles. The summed E-state index contributed by atoms with van der Waals surface area (Å²) in [6.45, 7) is 3.02. The second-order valence-electron chi connectivity index (χ2n) is 5.40. The van der Waals surface area contributed by atoms with Crippen LogP contribution in [0.2, 0.25) is 5.02 Å². The minimum atomic E-state index is -0.926. The van der Waals surface area contributed by atoms with Crippen molar-refractivity contribution in [2.75, 3.05) is 11.9 Å². The van der Waals surface area contributed by atoms with Crippen LogP contribution in [0.4, 0.5) is 5.69 Å². The molecule has 0 aliphatic rings. The van der Waals surface area contributed by atoms with Gasteiger partial charge in [-0.1, -0.05) is 63.5 Å². The van der Waals surface area contributed by atoms with E-state index in [2.05, 4.69) is 12.2 Å². The van der Waals surface area contributed by atoms with Gasteiger partial charge in [0.05, 0.1) is 11.3 Å². The summed E-state index contributed by atoms with van der Waals surface area (Å²) >= 11 is 5.91. The number of carboxylic acids is 1. The maximum Gasteiger partial charge on any atom is 0.337 e. The van der Waals surface area contributed by atoms with Gasteiger partial charge in [-0.3, -0.25) is 0 Å². The van der Waals surface area contributed by atoms with Gasteiger partial charge in [0.2, 0.25) is 0 Å². The van der Waals surface area contributed by atoms with Crippen molar-refractivity contribution in [3.63, 3.8) is 0 Å². The maximum absolute atomic E-state index is 11.1. The van der Waals surface area contributed by atoms with Crippen molar-refractivity contribution < 1.29 is 9.90 Å². The fourth-order valence-electron chi connectivity index (χ4n) is 2.33. The fourth-order valence-corrected chi connectivity index (χ4v) is 2.50. The highest BCUT2D eigenvalue weighted by atomic mass is 35.5. The van der Waals surface area contributed by atoms with Gasteiger partial charge in [-0.05, 0) is 24.6 Å². The third-order valence-electron chi connectivity index (χ3n) is 3.56. The predicted octanol–water partition coefficient (Wildman–Crippen LogP) is 5.59. The van der Waals surface area contributed by atoms with Gasteiger partial charge in [0.25, 0.3) is 0 Å². The molecule has 0 aliphatic carbocycles. The Hall–Kier alpha value is -1.22. The third-order valence-corrected chi connectivity index (χ3v) is 3.79. The van der Waals surface area contributed by atoms with Crippen LogP contribution in [-0.4, -0.2) is 17.6 Å². The topological polar surface area (TPSA) is 49.3 Å². The molecular weight excluding hydrogens is 286 g/mol. The standard InChI is InChI=1S/C17H26ClNO2/c1-2-3-4-5-6-7-8-9-12-19-16-13-14(18)10-11-15(16)17(20)21/h10-11,13,19H,2-9,12H2,1H3,(H,20,21). The normalized spacial score (nSPS) is 10.6. The average molecular weight is 312 g/mol. The molecule has 4 heteroatoms. The van der Waals surface area contributed by atoms with Crippen LogP contribution >= 0.6 is 11.6 Å². The molecule has 0 radical (unpaired) electrons. The van der Waals surface area contributed by atoms with Crippen molar-refractivity contribution in [2.45, 2.75) is 58.3 Å². The van der Waals surface area contributed by atoms with Crippen molar-refractivity contribution in [1.82, 2.24) is 0 Å². The molecule has 0 atom stereocenters. The third kappa shape index (κ3) is 7.37. The number of carbonyl (C=O) groups is 1. The largest absolute Gasteiger partial charge is 0.478 e. The molecule has 0 saturated carbocycles. The molecule has 0 amide bonds. The maximum atomic E-state index is 11.1. The molecule has 0 heterocycles. The number of hydrogen-bond donors (Lipinski definition) is 2. The van der Waals surface area contributed by atoms with Crippen LogP contribution in [0.1, 0.15) is 68.6 Å². The Kier molecular flexibility index (Phi) is 8.91. The minimum absolute atomic E-state index is 0.277. The number of anilines is 1. The van der Waals surface area contributed by atoms with Crippen molar-refractivity contribution in [3.05, 3.63) is 28.8 Å². The molecular formula is C17H26ClNO2. The van der Waals surface area contributed by atoms with Gasteiger partial charge < -0.3 is 10.4 Å². The van der Waals surface area contributed by atoms with Crippen LogP contribution in [0.15, 0.2) is 18.2 Å². The molecule has 1 aromatic rings. The lowest BCUT2D eigenvalue weighted by molar-refractivity contribution is 0.0698. The first kappa shape index (κ1) is 17.8. The molecule has 1 aromatic carbocycles. The van der Waals surface area contributed by atoms with Gasteiger partial charge in [-0.25, -0.2) is 4.79 Å². The highest BCUT2D eigenvalue weighted by Gasteiger charge is 2.09. The van der Waals surface area contributed by atoms with Crippen molar-refractivity contribution in [3.8, 4) is 0 Å². The number of rotatable bonds is 11. The van der Waals surface area contributed by atoms with Crippen molar-refractivity contribution >= 4 is 23.3 Å². The summed E-state index contributed by atoms with van der Waals surface area (Å²) in [5, 5.41) is 12.9.